The first-order valence-electron chi connectivity index (χ1n) is 8.08. The molecule has 106 valence electrons. The van der Waals surface area contributed by atoms with Gasteiger partial charge in [0.15, 0.2) is 0 Å². The molecule has 0 N–H and O–H groups in total. The third-order valence-corrected chi connectivity index (χ3v) is 6.50. The maximum Gasteiger partial charge on any atom is 0.228 e. The lowest BCUT2D eigenvalue weighted by Gasteiger charge is -2.57. The van der Waals surface area contributed by atoms with Crippen LogP contribution in [0.15, 0.2) is 0 Å². The summed E-state index contributed by atoms with van der Waals surface area (Å²) in [6.45, 7) is 1.74. The summed E-state index contributed by atoms with van der Waals surface area (Å²) < 4.78 is 0. The number of alkyl halides is 1. The van der Waals surface area contributed by atoms with Crippen molar-refractivity contribution in [1.29, 1.82) is 0 Å². The summed E-state index contributed by atoms with van der Waals surface area (Å²) in [5, 5.41) is 0.187. The zero-order chi connectivity index (χ0) is 13.0. The van der Waals surface area contributed by atoms with Gasteiger partial charge < -0.3 is 4.90 Å². The maximum atomic E-state index is 13.1. The van der Waals surface area contributed by atoms with E-state index in [1.165, 1.54) is 38.5 Å². The van der Waals surface area contributed by atoms with E-state index in [4.69, 9.17) is 11.6 Å². The number of amides is 1. The molecule has 0 aromatic carbocycles. The molecule has 5 aliphatic rings. The number of hydrogen-bond donors (Lipinski definition) is 0. The van der Waals surface area contributed by atoms with E-state index in [0.29, 0.717) is 5.91 Å². The van der Waals surface area contributed by atoms with Gasteiger partial charge in [-0.15, -0.1) is 11.6 Å². The highest BCUT2D eigenvalue weighted by Crippen LogP contribution is 2.60. The molecule has 4 saturated carbocycles. The van der Waals surface area contributed by atoms with E-state index in [1.54, 1.807) is 0 Å². The second-order valence-corrected chi connectivity index (χ2v) is 8.31. The van der Waals surface area contributed by atoms with Crippen LogP contribution in [0.5, 0.6) is 0 Å². The lowest BCUT2D eigenvalue weighted by atomic mass is 9.49. The molecule has 0 spiro atoms. The SMILES string of the molecule is O=C(N1CCCC(Cl)C1)C12CC3CC(CC(C3)C1)C2. The van der Waals surface area contributed by atoms with Crippen molar-refractivity contribution in [2.75, 3.05) is 13.1 Å². The van der Waals surface area contributed by atoms with Crippen LogP contribution in [-0.4, -0.2) is 29.3 Å². The predicted octanol–water partition coefficient (Wildman–Crippen LogP) is 3.43. The van der Waals surface area contributed by atoms with Gasteiger partial charge in [-0.2, -0.15) is 0 Å². The number of carbonyl (C=O) groups is 1. The molecule has 1 atom stereocenters. The molecule has 1 unspecified atom stereocenters. The van der Waals surface area contributed by atoms with Crippen molar-refractivity contribution < 1.29 is 4.79 Å². The van der Waals surface area contributed by atoms with Crippen molar-refractivity contribution in [3.8, 4) is 0 Å². The van der Waals surface area contributed by atoms with Crippen LogP contribution in [0, 0.1) is 23.2 Å². The number of nitrogens with zero attached hydrogens (tertiary/aromatic N) is 1. The van der Waals surface area contributed by atoms with Gasteiger partial charge >= 0.3 is 0 Å². The zero-order valence-corrected chi connectivity index (χ0v) is 12.4. The molecule has 0 aromatic rings. The van der Waals surface area contributed by atoms with Crippen LogP contribution in [0.4, 0.5) is 0 Å². The summed E-state index contributed by atoms with van der Waals surface area (Å²) in [6, 6.07) is 0. The molecular formula is C16H24ClNO. The average Bonchev–Trinajstić information content (AvgIpc) is 2.36. The Balaban J connectivity index is 1.56. The van der Waals surface area contributed by atoms with Gasteiger partial charge in [-0.05, 0) is 69.1 Å². The van der Waals surface area contributed by atoms with Crippen molar-refractivity contribution in [2.45, 2.75) is 56.7 Å². The Morgan fingerprint density at radius 1 is 1.05 bits per heavy atom. The van der Waals surface area contributed by atoms with Crippen molar-refractivity contribution in [3.63, 3.8) is 0 Å². The van der Waals surface area contributed by atoms with E-state index >= 15 is 0 Å². The average molecular weight is 282 g/mol. The third-order valence-electron chi connectivity index (χ3n) is 6.14. The molecule has 3 heteroatoms. The van der Waals surface area contributed by atoms with Crippen LogP contribution in [0.1, 0.15) is 51.4 Å². The number of rotatable bonds is 1. The fourth-order valence-corrected chi connectivity index (χ4v) is 6.14. The van der Waals surface area contributed by atoms with Crippen molar-refractivity contribution >= 4 is 17.5 Å². The summed E-state index contributed by atoms with van der Waals surface area (Å²) in [4.78, 5) is 15.2. The summed E-state index contributed by atoms with van der Waals surface area (Å²) in [5.41, 5.74) is 0.0305. The van der Waals surface area contributed by atoms with Crippen LogP contribution in [0.25, 0.3) is 0 Å². The zero-order valence-electron chi connectivity index (χ0n) is 11.6. The van der Waals surface area contributed by atoms with E-state index in [-0.39, 0.29) is 10.8 Å². The Labute approximate surface area is 120 Å². The number of likely N-dealkylation sites (tertiary alicyclic amines) is 1. The molecule has 1 aliphatic heterocycles. The molecule has 1 saturated heterocycles. The fourth-order valence-electron chi connectivity index (χ4n) is 5.82. The quantitative estimate of drug-likeness (QED) is 0.674. The van der Waals surface area contributed by atoms with E-state index < -0.39 is 0 Å². The van der Waals surface area contributed by atoms with Crippen LogP contribution >= 0.6 is 11.6 Å². The van der Waals surface area contributed by atoms with Gasteiger partial charge in [0, 0.05) is 13.1 Å². The molecule has 0 radical (unpaired) electrons. The number of halogens is 1. The van der Waals surface area contributed by atoms with Crippen LogP contribution in [-0.2, 0) is 4.79 Å². The second-order valence-electron chi connectivity index (χ2n) is 7.69. The molecule has 5 rings (SSSR count). The highest BCUT2D eigenvalue weighted by Gasteiger charge is 2.55. The molecule has 1 heterocycles. The van der Waals surface area contributed by atoms with Gasteiger partial charge in [-0.3, -0.25) is 4.79 Å². The van der Waals surface area contributed by atoms with Crippen LogP contribution < -0.4 is 0 Å². The summed E-state index contributed by atoms with van der Waals surface area (Å²) >= 11 is 6.27. The second kappa shape index (κ2) is 4.38. The van der Waals surface area contributed by atoms with Gasteiger partial charge in [0.25, 0.3) is 0 Å². The van der Waals surface area contributed by atoms with Crippen LogP contribution in [0.2, 0.25) is 0 Å². The number of carbonyl (C=O) groups excluding carboxylic acids is 1. The van der Waals surface area contributed by atoms with Crippen molar-refractivity contribution in [1.82, 2.24) is 4.90 Å². The topological polar surface area (TPSA) is 20.3 Å². The largest absolute Gasteiger partial charge is 0.341 e. The lowest BCUT2D eigenvalue weighted by Crippen LogP contribution is -2.56. The molecular weight excluding hydrogens is 258 g/mol. The summed E-state index contributed by atoms with van der Waals surface area (Å²) in [6.07, 6.45) is 9.93. The van der Waals surface area contributed by atoms with Crippen LogP contribution in [0.3, 0.4) is 0 Å². The minimum Gasteiger partial charge on any atom is -0.341 e. The first-order chi connectivity index (χ1) is 9.14. The van der Waals surface area contributed by atoms with Gasteiger partial charge in [-0.1, -0.05) is 0 Å². The Morgan fingerprint density at radius 3 is 2.16 bits per heavy atom. The highest BCUT2D eigenvalue weighted by atomic mass is 35.5. The third kappa shape index (κ3) is 2.02. The smallest absolute Gasteiger partial charge is 0.228 e. The fraction of sp³-hybridized carbons (Fsp3) is 0.938. The molecule has 0 aromatic heterocycles. The Bertz CT molecular complexity index is 359. The summed E-state index contributed by atoms with van der Waals surface area (Å²) in [5.74, 6) is 3.03. The van der Waals surface area contributed by atoms with E-state index in [2.05, 4.69) is 4.90 Å². The number of hydrogen-bond acceptors (Lipinski definition) is 1. The Kier molecular flexibility index (Phi) is 2.88. The molecule has 1 amide bonds. The van der Waals surface area contributed by atoms with Gasteiger partial charge in [0.2, 0.25) is 5.91 Å². The van der Waals surface area contributed by atoms with E-state index in [0.717, 1.165) is 43.7 Å². The highest BCUT2D eigenvalue weighted by molar-refractivity contribution is 6.20. The van der Waals surface area contributed by atoms with Gasteiger partial charge in [-0.25, -0.2) is 0 Å². The first-order valence-corrected chi connectivity index (χ1v) is 8.52. The van der Waals surface area contributed by atoms with Gasteiger partial charge in [0.1, 0.15) is 0 Å². The lowest BCUT2D eigenvalue weighted by molar-refractivity contribution is -0.158. The minimum atomic E-state index is 0.0305. The standard InChI is InChI=1S/C16H24ClNO/c17-14-2-1-3-18(10-14)15(19)16-7-11-4-12(8-16)6-13(5-11)9-16/h11-14H,1-10H2. The summed E-state index contributed by atoms with van der Waals surface area (Å²) in [7, 11) is 0. The first kappa shape index (κ1) is 12.5. The monoisotopic (exact) mass is 281 g/mol. The van der Waals surface area contributed by atoms with Crippen molar-refractivity contribution in [2.24, 2.45) is 23.2 Å². The van der Waals surface area contributed by atoms with Crippen molar-refractivity contribution in [3.05, 3.63) is 0 Å². The molecule has 4 bridgehead atoms. The van der Waals surface area contributed by atoms with Gasteiger partial charge in [0.05, 0.1) is 10.8 Å². The normalized spacial score (nSPS) is 48.6. The molecule has 2 nitrogen and oxygen atoms in total. The molecule has 5 fully saturated rings. The van der Waals surface area contributed by atoms with E-state index in [1.807, 2.05) is 0 Å². The Morgan fingerprint density at radius 2 is 1.63 bits per heavy atom. The Hall–Kier alpha value is -0.240. The molecule has 19 heavy (non-hydrogen) atoms. The minimum absolute atomic E-state index is 0.0305. The maximum absolute atomic E-state index is 13.1. The van der Waals surface area contributed by atoms with E-state index in [9.17, 15) is 4.79 Å². The number of piperidine rings is 1. The predicted molar refractivity (Wildman–Crippen MR) is 76.1 cm³/mol. The molecule has 4 aliphatic carbocycles.